The molecule has 0 aromatic heterocycles. The number of esters is 1. The summed E-state index contributed by atoms with van der Waals surface area (Å²) >= 11 is 0. The van der Waals surface area contributed by atoms with E-state index in [0.717, 1.165) is 19.3 Å². The predicted molar refractivity (Wildman–Crippen MR) is 108 cm³/mol. The summed E-state index contributed by atoms with van der Waals surface area (Å²) < 4.78 is 4.79. The van der Waals surface area contributed by atoms with Gasteiger partial charge < -0.3 is 9.84 Å². The van der Waals surface area contributed by atoms with E-state index in [4.69, 9.17) is 9.84 Å². The first-order valence-electron chi connectivity index (χ1n) is 10.5. The molecule has 26 heavy (non-hydrogen) atoms. The van der Waals surface area contributed by atoms with Crippen molar-refractivity contribution in [2.45, 2.75) is 123 Å². The zero-order valence-corrected chi connectivity index (χ0v) is 19.6. The van der Waals surface area contributed by atoms with Gasteiger partial charge in [-0.05, 0) is 13.3 Å². The van der Waals surface area contributed by atoms with Crippen molar-refractivity contribution in [2.75, 3.05) is 0 Å². The predicted octanol–water partition coefficient (Wildman–Crippen LogP) is 5.88. The number of carboxylic acids is 1. The molecule has 0 aliphatic carbocycles. The summed E-state index contributed by atoms with van der Waals surface area (Å²) in [6, 6.07) is 0. The molecule has 4 nitrogen and oxygen atoms in total. The van der Waals surface area contributed by atoms with Crippen LogP contribution < -0.4 is 0 Å². The Kier molecular flexibility index (Phi) is 23.0. The summed E-state index contributed by atoms with van der Waals surface area (Å²) in [5, 5.41) is 8.66. The molecule has 1 unspecified atom stereocenters. The van der Waals surface area contributed by atoms with Crippen molar-refractivity contribution in [3.63, 3.8) is 0 Å². The van der Waals surface area contributed by atoms with Gasteiger partial charge in [-0.15, -0.1) is 0 Å². The van der Waals surface area contributed by atoms with Crippen LogP contribution in [0.1, 0.15) is 117 Å². The Hall–Kier alpha value is -0.0600. The number of carbonyl (C=O) groups excluding carboxylic acids is 1. The van der Waals surface area contributed by atoms with E-state index in [1.165, 1.54) is 84.0 Å². The van der Waals surface area contributed by atoms with Gasteiger partial charge in [0, 0.05) is 36.0 Å². The first-order chi connectivity index (χ1) is 12.1. The second-order valence-electron chi connectivity index (χ2n) is 7.17. The maximum atomic E-state index is 11.4. The van der Waals surface area contributed by atoms with Gasteiger partial charge in [-0.3, -0.25) is 4.79 Å². The number of carbonyl (C=O) groups is 2. The average Bonchev–Trinajstić information content (AvgIpc) is 2.58. The molecule has 0 rings (SSSR count). The van der Waals surface area contributed by atoms with Crippen molar-refractivity contribution < 1.29 is 19.4 Å². The third kappa shape index (κ3) is 20.3. The Morgan fingerprint density at radius 1 is 0.731 bits per heavy atom. The molecule has 0 amide bonds. The van der Waals surface area contributed by atoms with Gasteiger partial charge >= 0.3 is 11.9 Å². The number of unbranched alkanes of at least 4 members (excludes halogenated alkanes) is 14. The Bertz CT molecular complexity index is 334. The standard InChI is InChI=1S/C21H40O4.Na/c1-3-4-5-6-7-8-9-10-11-12-13-14-15-16-17-18-20(22)25-19(2)21(23)24;/h19H,3-18H2,1-2H3,(H,23,24);. The monoisotopic (exact) mass is 379 g/mol. The van der Waals surface area contributed by atoms with Gasteiger partial charge in [0.05, 0.1) is 0 Å². The van der Waals surface area contributed by atoms with Crippen molar-refractivity contribution in [1.82, 2.24) is 0 Å². The Morgan fingerprint density at radius 3 is 1.42 bits per heavy atom. The smallest absolute Gasteiger partial charge is 0.344 e. The van der Waals surface area contributed by atoms with Gasteiger partial charge in [0.2, 0.25) is 0 Å². The molecular weight excluding hydrogens is 339 g/mol. The number of carboxylic acid groups (broad SMARTS) is 1. The van der Waals surface area contributed by atoms with E-state index in [1.54, 1.807) is 0 Å². The Morgan fingerprint density at radius 2 is 1.08 bits per heavy atom. The summed E-state index contributed by atoms with van der Waals surface area (Å²) in [4.78, 5) is 22.0. The minimum absolute atomic E-state index is 0. The Balaban J connectivity index is 0. The molecule has 0 bridgehead atoms. The summed E-state index contributed by atoms with van der Waals surface area (Å²) in [6.07, 6.45) is 18.6. The zero-order valence-electron chi connectivity index (χ0n) is 17.6. The molecule has 0 saturated carbocycles. The largest absolute Gasteiger partial charge is 0.479 e. The zero-order chi connectivity index (χ0) is 18.8. The minimum Gasteiger partial charge on any atom is -0.479 e. The van der Waals surface area contributed by atoms with E-state index in [0.29, 0.717) is 6.42 Å². The van der Waals surface area contributed by atoms with Gasteiger partial charge in [0.1, 0.15) is 0 Å². The molecule has 1 atom stereocenters. The van der Waals surface area contributed by atoms with Crippen LogP contribution >= 0.6 is 0 Å². The average molecular weight is 380 g/mol. The quantitative estimate of drug-likeness (QED) is 0.183. The van der Waals surface area contributed by atoms with Crippen molar-refractivity contribution in [1.29, 1.82) is 0 Å². The van der Waals surface area contributed by atoms with Crippen LogP contribution in [0.15, 0.2) is 0 Å². The van der Waals surface area contributed by atoms with Gasteiger partial charge in [0.25, 0.3) is 0 Å². The van der Waals surface area contributed by atoms with Crippen LogP contribution in [0.25, 0.3) is 0 Å². The number of hydrogen-bond acceptors (Lipinski definition) is 3. The first-order valence-corrected chi connectivity index (χ1v) is 10.5. The number of aliphatic carboxylic acids is 1. The molecule has 1 N–H and O–H groups in total. The topological polar surface area (TPSA) is 63.6 Å². The SMILES string of the molecule is CCCCCCCCCCCCCCCCCC(=O)OC(C)C(=O)O.[Na]. The molecule has 5 heteroatoms. The first kappa shape index (κ1) is 28.2. The van der Waals surface area contributed by atoms with E-state index >= 15 is 0 Å². The summed E-state index contributed by atoms with van der Waals surface area (Å²) in [5.74, 6) is -1.49. The van der Waals surface area contributed by atoms with Gasteiger partial charge in [-0.2, -0.15) is 0 Å². The summed E-state index contributed by atoms with van der Waals surface area (Å²) in [7, 11) is 0. The van der Waals surface area contributed by atoms with Crippen LogP contribution in [0.3, 0.4) is 0 Å². The molecule has 0 heterocycles. The summed E-state index contributed by atoms with van der Waals surface area (Å²) in [5.41, 5.74) is 0. The van der Waals surface area contributed by atoms with Crippen LogP contribution in [-0.2, 0) is 14.3 Å². The molecule has 0 saturated heterocycles. The van der Waals surface area contributed by atoms with Crippen LogP contribution in [-0.4, -0.2) is 52.7 Å². The van der Waals surface area contributed by atoms with Crippen molar-refractivity contribution >= 4 is 41.5 Å². The normalized spacial score (nSPS) is 11.6. The maximum Gasteiger partial charge on any atom is 0.344 e. The van der Waals surface area contributed by atoms with Crippen LogP contribution in [0.4, 0.5) is 0 Å². The molecule has 1 radical (unpaired) electrons. The van der Waals surface area contributed by atoms with Crippen molar-refractivity contribution in [2.24, 2.45) is 0 Å². The van der Waals surface area contributed by atoms with Gasteiger partial charge in [0.15, 0.2) is 6.10 Å². The number of hydrogen-bond donors (Lipinski definition) is 1. The van der Waals surface area contributed by atoms with E-state index in [2.05, 4.69) is 6.92 Å². The minimum atomic E-state index is -1.09. The van der Waals surface area contributed by atoms with E-state index in [1.807, 2.05) is 0 Å². The van der Waals surface area contributed by atoms with E-state index in [-0.39, 0.29) is 29.6 Å². The molecule has 149 valence electrons. The van der Waals surface area contributed by atoms with Crippen molar-refractivity contribution in [3.8, 4) is 0 Å². The van der Waals surface area contributed by atoms with Crippen LogP contribution in [0, 0.1) is 0 Å². The third-order valence-electron chi connectivity index (χ3n) is 4.64. The fraction of sp³-hybridized carbons (Fsp3) is 0.905. The Labute approximate surface area is 183 Å². The number of rotatable bonds is 18. The second-order valence-corrected chi connectivity index (χ2v) is 7.17. The molecule has 0 aliphatic heterocycles. The van der Waals surface area contributed by atoms with E-state index < -0.39 is 18.0 Å². The van der Waals surface area contributed by atoms with Gasteiger partial charge in [-0.1, -0.05) is 96.8 Å². The second kappa shape index (κ2) is 21.2. The molecule has 0 aliphatic rings. The third-order valence-corrected chi connectivity index (χ3v) is 4.64. The fourth-order valence-electron chi connectivity index (χ4n) is 2.95. The summed E-state index contributed by atoms with van der Waals surface area (Å²) in [6.45, 7) is 3.64. The maximum absolute atomic E-state index is 11.4. The molecule has 0 spiro atoms. The van der Waals surface area contributed by atoms with Crippen LogP contribution in [0.2, 0.25) is 0 Å². The molecule has 0 aromatic carbocycles. The number of ether oxygens (including phenoxy) is 1. The van der Waals surface area contributed by atoms with Gasteiger partial charge in [-0.25, -0.2) is 4.79 Å². The fourth-order valence-corrected chi connectivity index (χ4v) is 2.95. The molecular formula is C21H40NaO4. The van der Waals surface area contributed by atoms with E-state index in [9.17, 15) is 9.59 Å². The van der Waals surface area contributed by atoms with Crippen LogP contribution in [0.5, 0.6) is 0 Å². The molecule has 0 aromatic rings. The molecule has 0 fully saturated rings. The van der Waals surface area contributed by atoms with Crippen molar-refractivity contribution in [3.05, 3.63) is 0 Å².